The predicted octanol–water partition coefficient (Wildman–Crippen LogP) is 11.7. The predicted molar refractivity (Wildman–Crippen MR) is 165 cm³/mol. The van der Waals surface area contributed by atoms with E-state index in [4.69, 9.17) is 9.47 Å². The van der Waals surface area contributed by atoms with Crippen LogP contribution in [0.15, 0.2) is 18.2 Å². The third-order valence-corrected chi connectivity index (χ3v) is 7.61. The summed E-state index contributed by atoms with van der Waals surface area (Å²) >= 11 is 0. The van der Waals surface area contributed by atoms with Crippen LogP contribution in [-0.2, 0) is 0 Å². The maximum atomic E-state index is 11.2. The second-order valence-electron chi connectivity index (χ2n) is 11.3. The van der Waals surface area contributed by atoms with Crippen LogP contribution in [-0.4, -0.2) is 19.5 Å². The van der Waals surface area contributed by atoms with E-state index in [1.54, 1.807) is 0 Å². The molecule has 0 bridgehead atoms. The standard InChI is InChI=1S/C35H62O3/c1-3-5-7-9-11-13-15-17-19-21-23-25-29-37-34-28-27-33(32-36)31-35(34)38-30-26-24-22-20-18-16-14-12-10-8-6-4-2/h27-28,31-32H,3-26,29-30H2,1-2H3. The van der Waals surface area contributed by atoms with E-state index in [2.05, 4.69) is 13.8 Å². The molecule has 0 fully saturated rings. The van der Waals surface area contributed by atoms with Crippen LogP contribution in [0.5, 0.6) is 11.5 Å². The first-order valence-electron chi connectivity index (χ1n) is 16.7. The summed E-state index contributed by atoms with van der Waals surface area (Å²) in [5.74, 6) is 1.49. The second-order valence-corrected chi connectivity index (χ2v) is 11.3. The van der Waals surface area contributed by atoms with Crippen LogP contribution in [0.1, 0.15) is 178 Å². The van der Waals surface area contributed by atoms with Crippen molar-refractivity contribution < 1.29 is 14.3 Å². The summed E-state index contributed by atoms with van der Waals surface area (Å²) in [6.07, 6.45) is 33.0. The number of carbonyl (C=O) groups excluding carboxylic acids is 1. The van der Waals surface area contributed by atoms with E-state index >= 15 is 0 Å². The zero-order chi connectivity index (χ0) is 27.4. The highest BCUT2D eigenvalue weighted by Crippen LogP contribution is 2.29. The number of rotatable bonds is 29. The molecule has 1 aromatic carbocycles. The van der Waals surface area contributed by atoms with Crippen molar-refractivity contribution in [3.8, 4) is 11.5 Å². The minimum atomic E-state index is 0.646. The first kappa shape index (κ1) is 34.5. The number of hydrogen-bond acceptors (Lipinski definition) is 3. The van der Waals surface area contributed by atoms with Crippen LogP contribution in [0.3, 0.4) is 0 Å². The van der Waals surface area contributed by atoms with Crippen molar-refractivity contribution in [3.63, 3.8) is 0 Å². The van der Waals surface area contributed by atoms with Crippen molar-refractivity contribution >= 4 is 6.29 Å². The Balaban J connectivity index is 2.08. The van der Waals surface area contributed by atoms with Crippen molar-refractivity contribution in [1.29, 1.82) is 0 Å². The molecule has 0 aliphatic heterocycles. The van der Waals surface area contributed by atoms with Crippen LogP contribution in [0.25, 0.3) is 0 Å². The second kappa shape index (κ2) is 27.1. The summed E-state index contributed by atoms with van der Waals surface area (Å²) in [5, 5.41) is 0. The van der Waals surface area contributed by atoms with Crippen molar-refractivity contribution in [3.05, 3.63) is 23.8 Å². The largest absolute Gasteiger partial charge is 0.490 e. The number of benzene rings is 1. The normalized spacial score (nSPS) is 11.1. The summed E-state index contributed by atoms with van der Waals surface area (Å²) in [5.41, 5.74) is 0.646. The maximum absolute atomic E-state index is 11.2. The summed E-state index contributed by atoms with van der Waals surface area (Å²) in [7, 11) is 0. The number of unbranched alkanes of at least 4 members (excludes halogenated alkanes) is 22. The minimum absolute atomic E-state index is 0.646. The molecule has 220 valence electrons. The Morgan fingerprint density at radius 1 is 0.474 bits per heavy atom. The molecule has 0 amide bonds. The fourth-order valence-corrected chi connectivity index (χ4v) is 5.08. The van der Waals surface area contributed by atoms with E-state index < -0.39 is 0 Å². The van der Waals surface area contributed by atoms with E-state index in [0.29, 0.717) is 18.8 Å². The Labute approximate surface area is 236 Å². The number of ether oxygens (including phenoxy) is 2. The van der Waals surface area contributed by atoms with Gasteiger partial charge in [-0.15, -0.1) is 0 Å². The van der Waals surface area contributed by atoms with Gasteiger partial charge in [-0.1, -0.05) is 155 Å². The van der Waals surface area contributed by atoms with Gasteiger partial charge < -0.3 is 9.47 Å². The summed E-state index contributed by atoms with van der Waals surface area (Å²) in [4.78, 5) is 11.2. The van der Waals surface area contributed by atoms with Crippen molar-refractivity contribution in [2.75, 3.05) is 13.2 Å². The Morgan fingerprint density at radius 2 is 0.816 bits per heavy atom. The first-order chi connectivity index (χ1) is 18.8. The lowest BCUT2D eigenvalue weighted by Gasteiger charge is -2.13. The van der Waals surface area contributed by atoms with Crippen LogP contribution in [0, 0.1) is 0 Å². The minimum Gasteiger partial charge on any atom is -0.490 e. The Hall–Kier alpha value is -1.51. The highest BCUT2D eigenvalue weighted by atomic mass is 16.5. The highest BCUT2D eigenvalue weighted by molar-refractivity contribution is 5.76. The molecule has 0 aromatic heterocycles. The van der Waals surface area contributed by atoms with Gasteiger partial charge in [-0.2, -0.15) is 0 Å². The van der Waals surface area contributed by atoms with Gasteiger partial charge in [0.1, 0.15) is 6.29 Å². The lowest BCUT2D eigenvalue weighted by molar-refractivity contribution is 0.112. The van der Waals surface area contributed by atoms with E-state index in [1.165, 1.54) is 141 Å². The molecule has 1 rings (SSSR count). The van der Waals surface area contributed by atoms with Gasteiger partial charge in [0, 0.05) is 5.56 Å². The smallest absolute Gasteiger partial charge is 0.161 e. The molecular formula is C35H62O3. The SMILES string of the molecule is CCCCCCCCCCCCCCOc1ccc(C=O)cc1OCCCCCCCCCCCCCC. The molecule has 1 aromatic rings. The van der Waals surface area contributed by atoms with Gasteiger partial charge in [0.15, 0.2) is 11.5 Å². The van der Waals surface area contributed by atoms with Crippen LogP contribution in [0.4, 0.5) is 0 Å². The van der Waals surface area contributed by atoms with Gasteiger partial charge in [-0.3, -0.25) is 4.79 Å². The van der Waals surface area contributed by atoms with Gasteiger partial charge >= 0.3 is 0 Å². The van der Waals surface area contributed by atoms with Gasteiger partial charge in [0.2, 0.25) is 0 Å². The van der Waals surface area contributed by atoms with Gasteiger partial charge in [-0.05, 0) is 31.0 Å². The third-order valence-electron chi connectivity index (χ3n) is 7.61. The highest BCUT2D eigenvalue weighted by Gasteiger charge is 2.07. The topological polar surface area (TPSA) is 35.5 Å². The third kappa shape index (κ3) is 20.5. The van der Waals surface area contributed by atoms with E-state index in [-0.39, 0.29) is 0 Å². The quantitative estimate of drug-likeness (QED) is 0.0763. The molecule has 38 heavy (non-hydrogen) atoms. The zero-order valence-corrected chi connectivity index (χ0v) is 25.4. The lowest BCUT2D eigenvalue weighted by Crippen LogP contribution is -2.03. The number of carbonyl (C=O) groups is 1. The molecule has 0 spiro atoms. The average Bonchev–Trinajstić information content (AvgIpc) is 2.94. The molecule has 0 saturated carbocycles. The fraction of sp³-hybridized carbons (Fsp3) is 0.800. The molecule has 0 saturated heterocycles. The maximum Gasteiger partial charge on any atom is 0.161 e. The molecule has 3 heteroatoms. The Morgan fingerprint density at radius 3 is 1.18 bits per heavy atom. The summed E-state index contributed by atoms with van der Waals surface area (Å²) in [6, 6.07) is 5.54. The average molecular weight is 531 g/mol. The molecule has 0 heterocycles. The Bertz CT molecular complexity index is 642. The molecule has 0 aliphatic carbocycles. The summed E-state index contributed by atoms with van der Waals surface area (Å²) < 4.78 is 12.1. The van der Waals surface area contributed by atoms with Gasteiger partial charge in [0.25, 0.3) is 0 Å². The molecule has 0 N–H and O–H groups in total. The lowest BCUT2D eigenvalue weighted by atomic mass is 10.1. The number of hydrogen-bond donors (Lipinski definition) is 0. The molecule has 0 aliphatic rings. The monoisotopic (exact) mass is 530 g/mol. The van der Waals surface area contributed by atoms with E-state index in [0.717, 1.165) is 30.6 Å². The van der Waals surface area contributed by atoms with Gasteiger partial charge in [0.05, 0.1) is 13.2 Å². The molecular weight excluding hydrogens is 468 g/mol. The van der Waals surface area contributed by atoms with Crippen LogP contribution in [0.2, 0.25) is 0 Å². The fourth-order valence-electron chi connectivity index (χ4n) is 5.08. The molecule has 3 nitrogen and oxygen atoms in total. The molecule has 0 unspecified atom stereocenters. The first-order valence-corrected chi connectivity index (χ1v) is 16.7. The Kier molecular flexibility index (Phi) is 24.6. The molecule has 0 atom stereocenters. The van der Waals surface area contributed by atoms with E-state index in [9.17, 15) is 4.79 Å². The zero-order valence-electron chi connectivity index (χ0n) is 25.4. The van der Waals surface area contributed by atoms with Gasteiger partial charge in [-0.25, -0.2) is 0 Å². The molecule has 0 radical (unpaired) electrons. The summed E-state index contributed by atoms with van der Waals surface area (Å²) in [6.45, 7) is 5.96. The van der Waals surface area contributed by atoms with Crippen molar-refractivity contribution in [2.24, 2.45) is 0 Å². The van der Waals surface area contributed by atoms with Crippen LogP contribution >= 0.6 is 0 Å². The number of aldehydes is 1. The van der Waals surface area contributed by atoms with Crippen molar-refractivity contribution in [1.82, 2.24) is 0 Å². The van der Waals surface area contributed by atoms with Crippen molar-refractivity contribution in [2.45, 2.75) is 168 Å². The van der Waals surface area contributed by atoms with E-state index in [1.807, 2.05) is 18.2 Å². The van der Waals surface area contributed by atoms with Crippen LogP contribution < -0.4 is 9.47 Å².